The Morgan fingerprint density at radius 2 is 1.96 bits per heavy atom. The largest absolute Gasteiger partial charge is 0.443 e. The van der Waals surface area contributed by atoms with Crippen LogP contribution in [0.3, 0.4) is 0 Å². The van der Waals surface area contributed by atoms with Crippen LogP contribution in [0.25, 0.3) is 0 Å². The number of thiol groups is 1. The number of fused-ring (bicyclic) bond motifs is 1. The second kappa shape index (κ2) is 7.76. The van der Waals surface area contributed by atoms with E-state index in [1.807, 2.05) is 0 Å². The third-order valence-corrected chi connectivity index (χ3v) is 5.08. The van der Waals surface area contributed by atoms with E-state index < -0.39 is 23.4 Å². The quantitative estimate of drug-likeness (QED) is 0.683. The van der Waals surface area contributed by atoms with Crippen LogP contribution in [0.2, 0.25) is 0 Å². The van der Waals surface area contributed by atoms with E-state index in [2.05, 4.69) is 17.5 Å². The second-order valence-corrected chi connectivity index (χ2v) is 8.60. The van der Waals surface area contributed by atoms with Gasteiger partial charge in [0.2, 0.25) is 0 Å². The lowest BCUT2D eigenvalue weighted by Crippen LogP contribution is -2.47. The predicted octanol–water partition coefficient (Wildman–Crippen LogP) is 4.48. The van der Waals surface area contributed by atoms with E-state index >= 15 is 0 Å². The molecule has 0 spiro atoms. The van der Waals surface area contributed by atoms with E-state index in [9.17, 15) is 18.0 Å². The van der Waals surface area contributed by atoms with Gasteiger partial charge in [0.15, 0.2) is 0 Å². The van der Waals surface area contributed by atoms with Crippen molar-refractivity contribution < 1.29 is 27.4 Å². The van der Waals surface area contributed by atoms with Crippen LogP contribution in [0.15, 0.2) is 18.2 Å². The summed E-state index contributed by atoms with van der Waals surface area (Å²) in [5.74, 6) is 0. The molecule has 28 heavy (non-hydrogen) atoms. The highest BCUT2D eigenvalue weighted by Gasteiger charge is 2.38. The van der Waals surface area contributed by atoms with Crippen molar-refractivity contribution in [2.75, 3.05) is 31.1 Å². The van der Waals surface area contributed by atoms with Gasteiger partial charge in [0.05, 0.1) is 17.9 Å². The Bertz CT molecular complexity index is 736. The first-order valence-corrected chi connectivity index (χ1v) is 9.73. The van der Waals surface area contributed by atoms with Gasteiger partial charge in [-0.15, -0.1) is 12.6 Å². The molecular formula is C19H25F3N2O3S. The summed E-state index contributed by atoms with van der Waals surface area (Å²) in [6.45, 7) is 7.21. The molecule has 1 aromatic carbocycles. The number of carbonyl (C=O) groups is 1. The van der Waals surface area contributed by atoms with Gasteiger partial charge in [0.1, 0.15) is 11.0 Å². The molecule has 2 unspecified atom stereocenters. The van der Waals surface area contributed by atoms with Crippen molar-refractivity contribution in [1.82, 2.24) is 4.90 Å². The Balaban J connectivity index is 1.98. The second-order valence-electron chi connectivity index (χ2n) is 8.03. The van der Waals surface area contributed by atoms with Gasteiger partial charge in [-0.1, -0.05) is 0 Å². The minimum atomic E-state index is -4.45. The minimum Gasteiger partial charge on any atom is -0.443 e. The van der Waals surface area contributed by atoms with Crippen molar-refractivity contribution in [2.24, 2.45) is 0 Å². The summed E-state index contributed by atoms with van der Waals surface area (Å²) >= 11 is 4.35. The number of benzene rings is 1. The molecule has 2 heterocycles. The zero-order valence-electron chi connectivity index (χ0n) is 16.1. The molecule has 0 N–H and O–H groups in total. The molecule has 1 fully saturated rings. The van der Waals surface area contributed by atoms with Crippen molar-refractivity contribution in [3.8, 4) is 0 Å². The normalized spacial score (nSPS) is 24.0. The Labute approximate surface area is 168 Å². The summed E-state index contributed by atoms with van der Waals surface area (Å²) in [6.07, 6.45) is -4.50. The van der Waals surface area contributed by atoms with E-state index in [1.165, 1.54) is 11.0 Å². The number of hydrogen-bond donors (Lipinski definition) is 1. The van der Waals surface area contributed by atoms with Crippen LogP contribution in [0.1, 0.15) is 44.4 Å². The molecule has 5 nitrogen and oxygen atoms in total. The zero-order chi connectivity index (χ0) is 20.7. The van der Waals surface area contributed by atoms with Gasteiger partial charge < -0.3 is 9.47 Å². The molecule has 1 amide bonds. The van der Waals surface area contributed by atoms with Gasteiger partial charge >= 0.3 is 12.3 Å². The fourth-order valence-electron chi connectivity index (χ4n) is 3.59. The lowest BCUT2D eigenvalue weighted by Gasteiger charge is -2.42. The van der Waals surface area contributed by atoms with Crippen molar-refractivity contribution in [2.45, 2.75) is 50.4 Å². The lowest BCUT2D eigenvalue weighted by molar-refractivity contribution is -0.137. The minimum absolute atomic E-state index is 0.241. The van der Waals surface area contributed by atoms with Crippen LogP contribution >= 0.6 is 12.6 Å². The molecule has 0 aliphatic carbocycles. The van der Waals surface area contributed by atoms with Crippen molar-refractivity contribution in [3.63, 3.8) is 0 Å². The van der Waals surface area contributed by atoms with Gasteiger partial charge in [0.25, 0.3) is 0 Å². The number of alkyl halides is 3. The highest BCUT2D eigenvalue weighted by molar-refractivity contribution is 7.80. The van der Waals surface area contributed by atoms with E-state index in [4.69, 9.17) is 9.47 Å². The van der Waals surface area contributed by atoms with Crippen molar-refractivity contribution >= 4 is 24.4 Å². The Morgan fingerprint density at radius 1 is 1.25 bits per heavy atom. The smallest absolute Gasteiger partial charge is 0.416 e. The molecule has 0 aromatic heterocycles. The average Bonchev–Trinajstić information content (AvgIpc) is 2.58. The predicted molar refractivity (Wildman–Crippen MR) is 103 cm³/mol. The number of anilines is 1. The molecule has 156 valence electrons. The summed E-state index contributed by atoms with van der Waals surface area (Å²) in [7, 11) is 0. The molecule has 0 radical (unpaired) electrons. The number of carbonyl (C=O) groups excluding carboxylic acids is 1. The van der Waals surface area contributed by atoms with Crippen LogP contribution in [-0.4, -0.2) is 48.3 Å². The number of ether oxygens (including phenoxy) is 2. The van der Waals surface area contributed by atoms with Gasteiger partial charge in [-0.25, -0.2) is 4.79 Å². The molecule has 9 heteroatoms. The number of rotatable bonds is 1. The summed E-state index contributed by atoms with van der Waals surface area (Å²) < 4.78 is 50.8. The molecule has 0 bridgehead atoms. The van der Waals surface area contributed by atoms with E-state index in [0.29, 0.717) is 43.9 Å². The van der Waals surface area contributed by atoms with E-state index in [1.54, 1.807) is 20.8 Å². The SMILES string of the molecule is CC(C)(C)OC(=O)N1CCC(N2CCOC(S)C2)c2cc(C(F)(F)F)ccc21. The number of nitrogens with zero attached hydrogens (tertiary/aromatic N) is 2. The van der Waals surface area contributed by atoms with Gasteiger partial charge in [-0.05, 0) is 51.0 Å². The molecule has 2 aliphatic rings. The molecule has 1 aromatic rings. The monoisotopic (exact) mass is 418 g/mol. The van der Waals surface area contributed by atoms with Crippen LogP contribution in [0.4, 0.5) is 23.7 Å². The van der Waals surface area contributed by atoms with Crippen LogP contribution < -0.4 is 4.90 Å². The topological polar surface area (TPSA) is 42.0 Å². The first-order valence-electron chi connectivity index (χ1n) is 9.21. The number of halogens is 3. The number of morpholine rings is 1. The van der Waals surface area contributed by atoms with Crippen LogP contribution in [0, 0.1) is 0 Å². The zero-order valence-corrected chi connectivity index (χ0v) is 17.0. The summed E-state index contributed by atoms with van der Waals surface area (Å²) in [5, 5.41) is 0. The molecule has 2 atom stereocenters. The molecule has 0 saturated carbocycles. The highest BCUT2D eigenvalue weighted by Crippen LogP contribution is 2.42. The number of hydrogen-bond acceptors (Lipinski definition) is 5. The maximum atomic E-state index is 13.3. The summed E-state index contributed by atoms with van der Waals surface area (Å²) in [5.41, 5.74) is -0.761. The average molecular weight is 418 g/mol. The van der Waals surface area contributed by atoms with E-state index in [0.717, 1.165) is 12.1 Å². The van der Waals surface area contributed by atoms with Gasteiger partial charge in [0, 0.05) is 25.7 Å². The first kappa shape index (κ1) is 21.3. The van der Waals surface area contributed by atoms with E-state index in [-0.39, 0.29) is 11.5 Å². The highest BCUT2D eigenvalue weighted by atomic mass is 32.1. The number of amides is 1. The van der Waals surface area contributed by atoms with Crippen LogP contribution in [0.5, 0.6) is 0 Å². The first-order chi connectivity index (χ1) is 13.0. The Morgan fingerprint density at radius 3 is 2.57 bits per heavy atom. The molecular weight excluding hydrogens is 393 g/mol. The molecule has 3 rings (SSSR count). The van der Waals surface area contributed by atoms with Crippen molar-refractivity contribution in [3.05, 3.63) is 29.3 Å². The lowest BCUT2D eigenvalue weighted by atomic mass is 9.93. The molecule has 1 saturated heterocycles. The maximum absolute atomic E-state index is 13.3. The molecule has 2 aliphatic heterocycles. The fourth-order valence-corrected chi connectivity index (χ4v) is 3.91. The van der Waals surface area contributed by atoms with Gasteiger partial charge in [-0.3, -0.25) is 9.80 Å². The maximum Gasteiger partial charge on any atom is 0.416 e. The van der Waals surface area contributed by atoms with Gasteiger partial charge in [-0.2, -0.15) is 13.2 Å². The Hall–Kier alpha value is -1.45. The standard InChI is InChI=1S/C19H25F3N2O3S/c1-18(2,3)27-17(25)24-7-6-14(23-8-9-26-16(28)11-23)13-10-12(19(20,21)22)4-5-15(13)24/h4-5,10,14,16,28H,6-9,11H2,1-3H3. The van der Waals surface area contributed by atoms with Crippen LogP contribution in [-0.2, 0) is 15.7 Å². The summed E-state index contributed by atoms with van der Waals surface area (Å²) in [4.78, 5) is 16.1. The fraction of sp³-hybridized carbons (Fsp3) is 0.632. The van der Waals surface area contributed by atoms with Crippen molar-refractivity contribution in [1.29, 1.82) is 0 Å². The Kier molecular flexibility index (Phi) is 5.89. The summed E-state index contributed by atoms with van der Waals surface area (Å²) in [6, 6.07) is 3.29. The third-order valence-electron chi connectivity index (χ3n) is 4.76. The third kappa shape index (κ3) is 4.75.